The number of para-hydroxylation sites is 1. The summed E-state index contributed by atoms with van der Waals surface area (Å²) in [5.41, 5.74) is 8.35. The number of aromatic nitrogens is 1. The van der Waals surface area contributed by atoms with Crippen LogP contribution in [0, 0.1) is 0 Å². The van der Waals surface area contributed by atoms with Crippen molar-refractivity contribution < 1.29 is 14.2 Å². The molecule has 0 saturated heterocycles. The van der Waals surface area contributed by atoms with Gasteiger partial charge >= 0.3 is 0 Å². The number of benzene rings is 3. The average molecular weight is 428 g/mol. The molecule has 0 spiro atoms. The van der Waals surface area contributed by atoms with Gasteiger partial charge in [-0.15, -0.1) is 0 Å². The first-order chi connectivity index (χ1) is 15.7. The van der Waals surface area contributed by atoms with E-state index in [-0.39, 0.29) is 12.4 Å². The van der Waals surface area contributed by atoms with Gasteiger partial charge in [0.1, 0.15) is 37.1 Å². The summed E-state index contributed by atoms with van der Waals surface area (Å²) in [7, 11) is 0. The number of hydrogen-bond donors (Lipinski definition) is 2. The van der Waals surface area contributed by atoms with E-state index in [9.17, 15) is 0 Å². The summed E-state index contributed by atoms with van der Waals surface area (Å²) in [6.07, 6.45) is 0. The van der Waals surface area contributed by atoms with Gasteiger partial charge in [0.05, 0.1) is 11.2 Å². The Balaban J connectivity index is 1.30. The van der Waals surface area contributed by atoms with Crippen LogP contribution in [0.5, 0.6) is 17.2 Å². The Bertz CT molecular complexity index is 1210. The average Bonchev–Trinajstić information content (AvgIpc) is 2.85. The lowest BCUT2D eigenvalue weighted by atomic mass is 10.2. The number of pyridine rings is 1. The molecule has 0 radical (unpaired) electrons. The molecule has 0 fully saturated rings. The Morgan fingerprint density at radius 3 is 2.28 bits per heavy atom. The van der Waals surface area contributed by atoms with Crippen LogP contribution in [0.2, 0.25) is 0 Å². The van der Waals surface area contributed by atoms with E-state index < -0.39 is 0 Å². The van der Waals surface area contributed by atoms with Crippen molar-refractivity contribution in [2.75, 3.05) is 6.61 Å². The molecule has 0 bridgehead atoms. The molecule has 1 heterocycles. The molecule has 0 unspecified atom stereocenters. The van der Waals surface area contributed by atoms with Crippen molar-refractivity contribution in [1.29, 1.82) is 0 Å². The minimum atomic E-state index is 0.147. The number of nitrogens with zero attached hydrogens (tertiary/aromatic N) is 2. The van der Waals surface area contributed by atoms with Crippen LogP contribution in [0.15, 0.2) is 90.0 Å². The number of ether oxygens (including phenoxy) is 3. The topological polar surface area (TPSA) is 105 Å². The maximum absolute atomic E-state index is 5.92. The lowest BCUT2D eigenvalue weighted by Gasteiger charge is -2.10. The van der Waals surface area contributed by atoms with Gasteiger partial charge in [-0.2, -0.15) is 5.10 Å². The van der Waals surface area contributed by atoms with Crippen molar-refractivity contribution in [3.05, 3.63) is 96.2 Å². The van der Waals surface area contributed by atoms with Gasteiger partial charge in [-0.25, -0.2) is 4.98 Å². The molecule has 7 heteroatoms. The van der Waals surface area contributed by atoms with Crippen LogP contribution in [0.25, 0.3) is 10.9 Å². The zero-order valence-corrected chi connectivity index (χ0v) is 17.5. The predicted octanol–water partition coefficient (Wildman–Crippen LogP) is 4.00. The third-order valence-electron chi connectivity index (χ3n) is 4.73. The van der Waals surface area contributed by atoms with Gasteiger partial charge < -0.3 is 25.8 Å². The van der Waals surface area contributed by atoms with E-state index in [4.69, 9.17) is 25.8 Å². The fourth-order valence-electron chi connectivity index (χ4n) is 3.04. The molecule has 4 N–H and O–H groups in total. The second-order valence-electron chi connectivity index (χ2n) is 7.10. The van der Waals surface area contributed by atoms with Crippen LogP contribution >= 0.6 is 0 Å². The molecule has 0 aliphatic heterocycles. The molecule has 0 aliphatic rings. The van der Waals surface area contributed by atoms with Gasteiger partial charge in [0.25, 0.3) is 0 Å². The van der Waals surface area contributed by atoms with Crippen molar-refractivity contribution in [2.24, 2.45) is 16.7 Å². The zero-order valence-electron chi connectivity index (χ0n) is 17.5. The van der Waals surface area contributed by atoms with E-state index in [1.54, 1.807) is 0 Å². The fourth-order valence-corrected chi connectivity index (χ4v) is 3.04. The minimum absolute atomic E-state index is 0.147. The maximum Gasteiger partial charge on any atom is 0.157 e. The second kappa shape index (κ2) is 10.2. The second-order valence-corrected chi connectivity index (χ2v) is 7.10. The van der Waals surface area contributed by atoms with E-state index in [1.807, 2.05) is 78.9 Å². The Morgan fingerprint density at radius 2 is 1.50 bits per heavy atom. The Morgan fingerprint density at radius 1 is 0.750 bits per heavy atom. The van der Waals surface area contributed by atoms with E-state index in [1.165, 1.54) is 0 Å². The van der Waals surface area contributed by atoms with Crippen molar-refractivity contribution in [3.63, 3.8) is 0 Å². The first-order valence-corrected chi connectivity index (χ1v) is 10.1. The number of hydrogen-bond acceptors (Lipinski definition) is 6. The Labute approximate surface area is 186 Å². The van der Waals surface area contributed by atoms with E-state index in [0.29, 0.717) is 19.0 Å². The number of nitrogens with two attached hydrogens (primary N) is 2. The largest absolute Gasteiger partial charge is 0.489 e. The smallest absolute Gasteiger partial charge is 0.157 e. The first-order valence-electron chi connectivity index (χ1n) is 10.1. The van der Waals surface area contributed by atoms with Crippen LogP contribution in [-0.2, 0) is 13.2 Å². The highest BCUT2D eigenvalue weighted by Gasteiger charge is 2.03. The molecule has 7 nitrogen and oxygen atoms in total. The van der Waals surface area contributed by atoms with Gasteiger partial charge in [0.15, 0.2) is 5.84 Å². The van der Waals surface area contributed by atoms with Gasteiger partial charge in [-0.05, 0) is 42.0 Å². The Hall–Kier alpha value is -4.26. The normalized spacial score (nSPS) is 11.3. The molecular formula is C25H24N4O3. The monoisotopic (exact) mass is 428 g/mol. The standard InChI is InChI=1S/C25H24N4O3/c26-25(29-27)17-32-21-12-8-18(9-13-21)15-30-22-5-3-6-23(14-22)31-16-20-11-10-19-4-1-2-7-24(19)28-20/h1-14H,15-17,27H2,(H2,26,29). The van der Waals surface area contributed by atoms with Gasteiger partial charge in [-0.1, -0.05) is 42.5 Å². The summed E-state index contributed by atoms with van der Waals surface area (Å²) in [5, 5.41) is 4.48. The molecule has 4 rings (SSSR count). The Kier molecular flexibility index (Phi) is 6.67. The van der Waals surface area contributed by atoms with Crippen LogP contribution in [-0.4, -0.2) is 17.4 Å². The molecule has 32 heavy (non-hydrogen) atoms. The summed E-state index contributed by atoms with van der Waals surface area (Å²) >= 11 is 0. The van der Waals surface area contributed by atoms with Gasteiger partial charge in [-0.3, -0.25) is 0 Å². The first kappa shape index (κ1) is 21.0. The highest BCUT2D eigenvalue weighted by molar-refractivity contribution is 5.81. The van der Waals surface area contributed by atoms with Crippen LogP contribution in [0.3, 0.4) is 0 Å². The SMILES string of the molecule is N/N=C(\N)COc1ccc(COc2cccc(OCc3ccc4ccccc4n3)c2)cc1. The quantitative estimate of drug-likeness (QED) is 0.181. The third-order valence-corrected chi connectivity index (χ3v) is 4.73. The molecule has 1 aromatic heterocycles. The molecule has 0 saturated carbocycles. The molecule has 4 aromatic rings. The summed E-state index contributed by atoms with van der Waals surface area (Å²) < 4.78 is 17.3. The fraction of sp³-hybridized carbons (Fsp3) is 0.120. The zero-order chi connectivity index (χ0) is 22.2. The van der Waals surface area contributed by atoms with E-state index >= 15 is 0 Å². The van der Waals surface area contributed by atoms with Crippen LogP contribution < -0.4 is 25.8 Å². The van der Waals surface area contributed by atoms with Crippen LogP contribution in [0.1, 0.15) is 11.3 Å². The third kappa shape index (κ3) is 5.66. The molecule has 0 atom stereocenters. The van der Waals surface area contributed by atoms with Crippen LogP contribution in [0.4, 0.5) is 0 Å². The minimum Gasteiger partial charge on any atom is -0.489 e. The molecule has 3 aromatic carbocycles. The molecular weight excluding hydrogens is 404 g/mol. The lowest BCUT2D eigenvalue weighted by molar-refractivity contribution is 0.287. The predicted molar refractivity (Wildman–Crippen MR) is 125 cm³/mol. The highest BCUT2D eigenvalue weighted by atomic mass is 16.5. The number of hydrazone groups is 1. The maximum atomic E-state index is 5.92. The lowest BCUT2D eigenvalue weighted by Crippen LogP contribution is -2.22. The summed E-state index contributed by atoms with van der Waals surface area (Å²) in [5.74, 6) is 7.45. The number of amidine groups is 1. The summed E-state index contributed by atoms with van der Waals surface area (Å²) in [4.78, 5) is 4.64. The van der Waals surface area contributed by atoms with E-state index in [0.717, 1.165) is 33.7 Å². The number of rotatable bonds is 9. The van der Waals surface area contributed by atoms with Gasteiger partial charge in [0.2, 0.25) is 0 Å². The molecule has 0 aliphatic carbocycles. The molecule has 162 valence electrons. The van der Waals surface area contributed by atoms with Crippen molar-refractivity contribution in [2.45, 2.75) is 13.2 Å². The van der Waals surface area contributed by atoms with Gasteiger partial charge in [0, 0.05) is 11.5 Å². The van der Waals surface area contributed by atoms with Crippen molar-refractivity contribution >= 4 is 16.7 Å². The van der Waals surface area contributed by atoms with Crippen molar-refractivity contribution in [3.8, 4) is 17.2 Å². The van der Waals surface area contributed by atoms with Crippen molar-refractivity contribution in [1.82, 2.24) is 4.98 Å². The number of fused-ring (bicyclic) bond motifs is 1. The summed E-state index contributed by atoms with van der Waals surface area (Å²) in [6, 6.07) is 27.2. The molecule has 0 amide bonds. The van der Waals surface area contributed by atoms with E-state index in [2.05, 4.69) is 16.2 Å². The highest BCUT2D eigenvalue weighted by Crippen LogP contribution is 2.22. The summed E-state index contributed by atoms with van der Waals surface area (Å²) in [6.45, 7) is 0.950.